The molecule has 0 bridgehead atoms. The minimum Gasteiger partial charge on any atom is -0.328 e. The molecule has 0 spiro atoms. The smallest absolute Gasteiger partial charge is 0.0162 e. The Morgan fingerprint density at radius 1 is 1.50 bits per heavy atom. The summed E-state index contributed by atoms with van der Waals surface area (Å²) < 4.78 is 1.32. The van der Waals surface area contributed by atoms with E-state index in [0.29, 0.717) is 0 Å². The standard InChI is InChI=1S/C10H14IN/c1-7(12)6-9-4-3-5-10(11)8(9)2/h3-5,7H,6,12H2,1-2H3. The summed E-state index contributed by atoms with van der Waals surface area (Å²) in [5.74, 6) is 0. The second-order valence-corrected chi connectivity index (χ2v) is 4.37. The van der Waals surface area contributed by atoms with Crippen LogP contribution in [0.4, 0.5) is 0 Å². The van der Waals surface area contributed by atoms with Gasteiger partial charge in [-0.1, -0.05) is 12.1 Å². The van der Waals surface area contributed by atoms with Gasteiger partial charge in [-0.15, -0.1) is 0 Å². The molecule has 0 fully saturated rings. The van der Waals surface area contributed by atoms with Crippen molar-refractivity contribution in [3.05, 3.63) is 32.9 Å². The molecule has 0 aromatic heterocycles. The van der Waals surface area contributed by atoms with Crippen molar-refractivity contribution in [2.45, 2.75) is 26.3 Å². The number of rotatable bonds is 2. The van der Waals surface area contributed by atoms with Crippen molar-refractivity contribution in [2.75, 3.05) is 0 Å². The molecule has 0 aliphatic rings. The van der Waals surface area contributed by atoms with Crippen LogP contribution in [0, 0.1) is 10.5 Å². The Labute approximate surface area is 87.5 Å². The number of halogens is 1. The number of benzene rings is 1. The van der Waals surface area contributed by atoms with Gasteiger partial charge >= 0.3 is 0 Å². The first-order valence-corrected chi connectivity index (χ1v) is 5.18. The van der Waals surface area contributed by atoms with E-state index in [-0.39, 0.29) is 6.04 Å². The van der Waals surface area contributed by atoms with Crippen molar-refractivity contribution in [3.63, 3.8) is 0 Å². The summed E-state index contributed by atoms with van der Waals surface area (Å²) in [4.78, 5) is 0. The molecule has 1 rings (SSSR count). The Hall–Kier alpha value is -0.0900. The van der Waals surface area contributed by atoms with Crippen LogP contribution in [0.5, 0.6) is 0 Å². The largest absolute Gasteiger partial charge is 0.328 e. The van der Waals surface area contributed by atoms with E-state index in [4.69, 9.17) is 5.73 Å². The van der Waals surface area contributed by atoms with Gasteiger partial charge < -0.3 is 5.73 Å². The van der Waals surface area contributed by atoms with Crippen LogP contribution in [0.1, 0.15) is 18.1 Å². The monoisotopic (exact) mass is 275 g/mol. The normalized spacial score (nSPS) is 13.0. The van der Waals surface area contributed by atoms with Gasteiger partial charge in [0.25, 0.3) is 0 Å². The van der Waals surface area contributed by atoms with Gasteiger partial charge in [0.05, 0.1) is 0 Å². The molecule has 2 heteroatoms. The molecule has 0 radical (unpaired) electrons. The summed E-state index contributed by atoms with van der Waals surface area (Å²) in [6.45, 7) is 4.19. The average Bonchev–Trinajstić information content (AvgIpc) is 1.98. The number of hydrogen-bond acceptors (Lipinski definition) is 1. The first kappa shape index (κ1) is 9.99. The molecule has 0 heterocycles. The molecule has 1 nitrogen and oxygen atoms in total. The van der Waals surface area contributed by atoms with Crippen LogP contribution in [-0.4, -0.2) is 6.04 Å². The fourth-order valence-corrected chi connectivity index (χ4v) is 1.77. The van der Waals surface area contributed by atoms with Gasteiger partial charge in [-0.05, 0) is 60.1 Å². The molecule has 1 unspecified atom stereocenters. The lowest BCUT2D eigenvalue weighted by atomic mass is 10.0. The third-order valence-corrected chi connectivity index (χ3v) is 3.09. The van der Waals surface area contributed by atoms with E-state index in [9.17, 15) is 0 Å². The molecule has 0 aliphatic carbocycles. The molecule has 2 N–H and O–H groups in total. The zero-order valence-electron chi connectivity index (χ0n) is 7.47. The van der Waals surface area contributed by atoms with Crippen molar-refractivity contribution in [3.8, 4) is 0 Å². The van der Waals surface area contributed by atoms with Crippen molar-refractivity contribution < 1.29 is 0 Å². The first-order valence-electron chi connectivity index (χ1n) is 4.11. The summed E-state index contributed by atoms with van der Waals surface area (Å²) in [7, 11) is 0. The summed E-state index contributed by atoms with van der Waals surface area (Å²) in [6, 6.07) is 6.62. The molecule has 1 aromatic rings. The molecule has 1 aromatic carbocycles. The summed E-state index contributed by atoms with van der Waals surface area (Å²) in [6.07, 6.45) is 0.975. The Morgan fingerprint density at radius 3 is 2.75 bits per heavy atom. The molecular weight excluding hydrogens is 261 g/mol. The van der Waals surface area contributed by atoms with Gasteiger partial charge in [-0.3, -0.25) is 0 Å². The van der Waals surface area contributed by atoms with Crippen molar-refractivity contribution in [1.82, 2.24) is 0 Å². The van der Waals surface area contributed by atoms with Crippen LogP contribution < -0.4 is 5.73 Å². The molecule has 0 amide bonds. The second kappa shape index (κ2) is 4.23. The highest BCUT2D eigenvalue weighted by Gasteiger charge is 2.03. The van der Waals surface area contributed by atoms with E-state index < -0.39 is 0 Å². The van der Waals surface area contributed by atoms with Crippen LogP contribution >= 0.6 is 22.6 Å². The van der Waals surface area contributed by atoms with Crippen molar-refractivity contribution in [2.24, 2.45) is 5.73 Å². The average molecular weight is 275 g/mol. The van der Waals surface area contributed by atoms with Crippen molar-refractivity contribution in [1.29, 1.82) is 0 Å². The van der Waals surface area contributed by atoms with Gasteiger partial charge in [0, 0.05) is 9.61 Å². The summed E-state index contributed by atoms with van der Waals surface area (Å²) in [5.41, 5.74) is 8.48. The van der Waals surface area contributed by atoms with Gasteiger partial charge in [-0.2, -0.15) is 0 Å². The lowest BCUT2D eigenvalue weighted by Gasteiger charge is -2.09. The van der Waals surface area contributed by atoms with Crippen LogP contribution in [0.2, 0.25) is 0 Å². The number of hydrogen-bond donors (Lipinski definition) is 1. The van der Waals surface area contributed by atoms with Gasteiger partial charge in [0.1, 0.15) is 0 Å². The highest BCUT2D eigenvalue weighted by molar-refractivity contribution is 14.1. The topological polar surface area (TPSA) is 26.0 Å². The van der Waals surface area contributed by atoms with E-state index in [1.807, 2.05) is 6.92 Å². The predicted molar refractivity (Wildman–Crippen MR) is 61.2 cm³/mol. The second-order valence-electron chi connectivity index (χ2n) is 3.21. The summed E-state index contributed by atoms with van der Waals surface area (Å²) >= 11 is 2.36. The van der Waals surface area contributed by atoms with E-state index in [2.05, 4.69) is 47.7 Å². The van der Waals surface area contributed by atoms with Gasteiger partial charge in [0.15, 0.2) is 0 Å². The fraction of sp³-hybridized carbons (Fsp3) is 0.400. The maximum absolute atomic E-state index is 5.74. The molecule has 12 heavy (non-hydrogen) atoms. The molecule has 1 atom stereocenters. The van der Waals surface area contributed by atoms with Crippen LogP contribution in [0.3, 0.4) is 0 Å². The zero-order valence-corrected chi connectivity index (χ0v) is 9.63. The molecule has 66 valence electrons. The fourth-order valence-electron chi connectivity index (χ4n) is 1.22. The van der Waals surface area contributed by atoms with Crippen LogP contribution in [0.15, 0.2) is 18.2 Å². The SMILES string of the molecule is Cc1c(I)cccc1CC(C)N. The van der Waals surface area contributed by atoms with Crippen molar-refractivity contribution >= 4 is 22.6 Å². The van der Waals surface area contributed by atoms with Crippen LogP contribution in [-0.2, 0) is 6.42 Å². The molecule has 0 saturated carbocycles. The molecular formula is C10H14IN. The summed E-state index contributed by atoms with van der Waals surface area (Å²) in [5, 5.41) is 0. The molecule has 0 aliphatic heterocycles. The Kier molecular flexibility index (Phi) is 3.53. The first-order chi connectivity index (χ1) is 5.61. The minimum atomic E-state index is 0.252. The highest BCUT2D eigenvalue weighted by Crippen LogP contribution is 2.16. The zero-order chi connectivity index (χ0) is 9.14. The Balaban J connectivity index is 2.92. The third-order valence-electron chi connectivity index (χ3n) is 1.92. The van der Waals surface area contributed by atoms with Gasteiger partial charge in [-0.25, -0.2) is 0 Å². The van der Waals surface area contributed by atoms with E-state index in [0.717, 1.165) is 6.42 Å². The highest BCUT2D eigenvalue weighted by atomic mass is 127. The lowest BCUT2D eigenvalue weighted by Crippen LogP contribution is -2.18. The third kappa shape index (κ3) is 2.45. The van der Waals surface area contributed by atoms with E-state index in [1.54, 1.807) is 0 Å². The van der Waals surface area contributed by atoms with E-state index in [1.165, 1.54) is 14.7 Å². The maximum Gasteiger partial charge on any atom is 0.0162 e. The minimum absolute atomic E-state index is 0.252. The Morgan fingerprint density at radius 2 is 2.17 bits per heavy atom. The molecule has 0 saturated heterocycles. The Bertz CT molecular complexity index is 269. The van der Waals surface area contributed by atoms with E-state index >= 15 is 0 Å². The maximum atomic E-state index is 5.74. The quantitative estimate of drug-likeness (QED) is 0.824. The lowest BCUT2D eigenvalue weighted by molar-refractivity contribution is 0.734. The predicted octanol–water partition coefficient (Wildman–Crippen LogP) is 2.49. The number of nitrogens with two attached hydrogens (primary N) is 1. The van der Waals surface area contributed by atoms with Gasteiger partial charge in [0.2, 0.25) is 0 Å². The van der Waals surface area contributed by atoms with Crippen LogP contribution in [0.25, 0.3) is 0 Å².